The summed E-state index contributed by atoms with van der Waals surface area (Å²) in [4.78, 5) is 11.8. The third-order valence-corrected chi connectivity index (χ3v) is 5.19. The number of aliphatic hydroxyl groups is 1. The Kier molecular flexibility index (Phi) is 4.21. The number of fused-ring (bicyclic) bond motifs is 3. The number of aromatic nitrogens is 2. The fourth-order valence-corrected chi connectivity index (χ4v) is 4.00. The molecule has 25 heavy (non-hydrogen) atoms. The molecule has 0 spiro atoms. The third kappa shape index (κ3) is 2.80. The molecule has 0 bridgehead atoms. The topological polar surface area (TPSA) is 77.5 Å². The van der Waals surface area contributed by atoms with Crippen molar-refractivity contribution in [1.82, 2.24) is 9.72 Å². The summed E-state index contributed by atoms with van der Waals surface area (Å²) in [6.45, 7) is 2.40. The average Bonchev–Trinajstić information content (AvgIpc) is 3.31. The van der Waals surface area contributed by atoms with Gasteiger partial charge in [0.05, 0.1) is 18.4 Å². The monoisotopic (exact) mass is 342 g/mol. The second-order valence-corrected chi connectivity index (χ2v) is 6.72. The smallest absolute Gasteiger partial charge is 0.312 e. The predicted molar refractivity (Wildman–Crippen MR) is 93.3 cm³/mol. The lowest BCUT2D eigenvalue weighted by molar-refractivity contribution is -0.142. The molecular formula is C19H22N2O4. The molecule has 1 aliphatic rings. The molecule has 1 N–H and O–H groups in total. The van der Waals surface area contributed by atoms with Crippen LogP contribution in [0.5, 0.6) is 0 Å². The standard InChI is InChI=1S/C19H22N2O4/c1-2-24-18(23)10-15-19-14-7-8-21(13-4-3-12(9-13)11-22)16(14)5-6-17(19)25-20-15/h5-8,12-13,22H,2-4,9-11H2,1H3/t12-,13+/m1/s1. The highest BCUT2D eigenvalue weighted by atomic mass is 16.5. The van der Waals surface area contributed by atoms with Crippen molar-refractivity contribution in [3.05, 3.63) is 30.1 Å². The Hall–Kier alpha value is -2.34. The molecule has 1 aliphatic carbocycles. The van der Waals surface area contributed by atoms with E-state index >= 15 is 0 Å². The summed E-state index contributed by atoms with van der Waals surface area (Å²) in [6, 6.07) is 6.42. The minimum atomic E-state index is -0.296. The third-order valence-electron chi connectivity index (χ3n) is 5.19. The van der Waals surface area contributed by atoms with Crippen molar-refractivity contribution in [3.8, 4) is 0 Å². The summed E-state index contributed by atoms with van der Waals surface area (Å²) in [5, 5.41) is 15.4. The molecular weight excluding hydrogens is 320 g/mol. The Morgan fingerprint density at radius 1 is 1.40 bits per heavy atom. The van der Waals surface area contributed by atoms with Gasteiger partial charge in [-0.15, -0.1) is 0 Å². The summed E-state index contributed by atoms with van der Waals surface area (Å²) >= 11 is 0. The van der Waals surface area contributed by atoms with Crippen LogP contribution < -0.4 is 0 Å². The van der Waals surface area contributed by atoms with Crippen molar-refractivity contribution < 1.29 is 19.2 Å². The molecule has 3 aromatic rings. The van der Waals surface area contributed by atoms with Crippen molar-refractivity contribution >= 4 is 27.8 Å². The van der Waals surface area contributed by atoms with Gasteiger partial charge in [-0.1, -0.05) is 5.16 Å². The van der Waals surface area contributed by atoms with E-state index in [2.05, 4.69) is 22.0 Å². The zero-order valence-corrected chi connectivity index (χ0v) is 14.3. The van der Waals surface area contributed by atoms with Crippen molar-refractivity contribution in [2.45, 2.75) is 38.6 Å². The summed E-state index contributed by atoms with van der Waals surface area (Å²) in [5.41, 5.74) is 2.42. The second kappa shape index (κ2) is 6.52. The van der Waals surface area contributed by atoms with Crippen LogP contribution in [-0.2, 0) is 16.0 Å². The van der Waals surface area contributed by atoms with E-state index in [1.165, 1.54) is 0 Å². The van der Waals surface area contributed by atoms with Crippen LogP contribution in [0.2, 0.25) is 0 Å². The van der Waals surface area contributed by atoms with E-state index in [1.54, 1.807) is 6.92 Å². The number of carbonyl (C=O) groups is 1. The van der Waals surface area contributed by atoms with E-state index < -0.39 is 0 Å². The SMILES string of the molecule is CCOC(=O)Cc1noc2ccc3c(ccn3[C@H]3CC[C@@H](CO)C3)c12. The maximum atomic E-state index is 11.8. The van der Waals surface area contributed by atoms with Gasteiger partial charge in [0.25, 0.3) is 0 Å². The van der Waals surface area contributed by atoms with E-state index in [1.807, 2.05) is 12.1 Å². The van der Waals surface area contributed by atoms with Gasteiger partial charge in [-0.25, -0.2) is 0 Å². The van der Waals surface area contributed by atoms with Gasteiger partial charge in [0.15, 0.2) is 5.58 Å². The van der Waals surface area contributed by atoms with E-state index in [9.17, 15) is 9.90 Å². The highest BCUT2D eigenvalue weighted by molar-refractivity contribution is 6.06. The average molecular weight is 342 g/mol. The number of nitrogens with zero attached hydrogens (tertiary/aromatic N) is 2. The Labute approximate surface area is 145 Å². The van der Waals surface area contributed by atoms with Crippen LogP contribution in [0.3, 0.4) is 0 Å². The summed E-state index contributed by atoms with van der Waals surface area (Å²) < 4.78 is 12.7. The molecule has 1 aromatic carbocycles. The van der Waals surface area contributed by atoms with Crippen LogP contribution in [-0.4, -0.2) is 34.0 Å². The van der Waals surface area contributed by atoms with Gasteiger partial charge < -0.3 is 18.9 Å². The molecule has 0 saturated heterocycles. The Morgan fingerprint density at radius 2 is 2.28 bits per heavy atom. The molecule has 2 aromatic heterocycles. The van der Waals surface area contributed by atoms with Crippen molar-refractivity contribution in [2.24, 2.45) is 5.92 Å². The highest BCUT2D eigenvalue weighted by Crippen LogP contribution is 2.38. The van der Waals surface area contributed by atoms with E-state index in [0.717, 1.165) is 35.6 Å². The molecule has 2 heterocycles. The first-order valence-electron chi connectivity index (χ1n) is 8.85. The second-order valence-electron chi connectivity index (χ2n) is 6.72. The summed E-state index contributed by atoms with van der Waals surface area (Å²) in [7, 11) is 0. The Balaban J connectivity index is 1.74. The van der Waals surface area contributed by atoms with Gasteiger partial charge in [0.2, 0.25) is 0 Å². The van der Waals surface area contributed by atoms with Crippen LogP contribution in [0.4, 0.5) is 0 Å². The molecule has 6 heteroatoms. The fourth-order valence-electron chi connectivity index (χ4n) is 4.00. The molecule has 0 aliphatic heterocycles. The number of aliphatic hydroxyl groups excluding tert-OH is 1. The fraction of sp³-hybridized carbons (Fsp3) is 0.474. The van der Waals surface area contributed by atoms with Crippen LogP contribution in [0.15, 0.2) is 28.9 Å². The Bertz CT molecular complexity index is 911. The summed E-state index contributed by atoms with van der Waals surface area (Å²) in [5.74, 6) is 0.0943. The van der Waals surface area contributed by atoms with E-state index in [-0.39, 0.29) is 19.0 Å². The lowest BCUT2D eigenvalue weighted by Crippen LogP contribution is -2.08. The van der Waals surface area contributed by atoms with Crippen LogP contribution in [0, 0.1) is 5.92 Å². The number of hydrogen-bond donors (Lipinski definition) is 1. The first-order chi connectivity index (χ1) is 12.2. The minimum absolute atomic E-state index is 0.112. The number of ether oxygens (including phenoxy) is 1. The zero-order chi connectivity index (χ0) is 17.4. The highest BCUT2D eigenvalue weighted by Gasteiger charge is 2.26. The molecule has 1 fully saturated rings. The number of hydrogen-bond acceptors (Lipinski definition) is 5. The van der Waals surface area contributed by atoms with Gasteiger partial charge in [0, 0.05) is 29.7 Å². The molecule has 0 amide bonds. The zero-order valence-electron chi connectivity index (χ0n) is 14.3. The van der Waals surface area contributed by atoms with Gasteiger partial charge in [-0.3, -0.25) is 4.79 Å². The van der Waals surface area contributed by atoms with Crippen molar-refractivity contribution in [1.29, 1.82) is 0 Å². The number of carbonyl (C=O) groups excluding carboxylic acids is 1. The van der Waals surface area contributed by atoms with Crippen LogP contribution in [0.25, 0.3) is 21.9 Å². The summed E-state index contributed by atoms with van der Waals surface area (Å²) in [6.07, 6.45) is 5.34. The molecule has 1 saturated carbocycles. The quantitative estimate of drug-likeness (QED) is 0.720. The maximum Gasteiger partial charge on any atom is 0.312 e. The molecule has 0 radical (unpaired) electrons. The first kappa shape index (κ1) is 16.1. The van der Waals surface area contributed by atoms with Crippen molar-refractivity contribution in [3.63, 3.8) is 0 Å². The number of benzene rings is 1. The molecule has 6 nitrogen and oxygen atoms in total. The van der Waals surface area contributed by atoms with Crippen LogP contribution in [0.1, 0.15) is 37.9 Å². The first-order valence-corrected chi connectivity index (χ1v) is 8.85. The maximum absolute atomic E-state index is 11.8. The minimum Gasteiger partial charge on any atom is -0.466 e. The van der Waals surface area contributed by atoms with Gasteiger partial charge in [-0.05, 0) is 50.3 Å². The molecule has 2 atom stereocenters. The van der Waals surface area contributed by atoms with Gasteiger partial charge >= 0.3 is 5.97 Å². The largest absolute Gasteiger partial charge is 0.466 e. The predicted octanol–water partition coefficient (Wildman–Crippen LogP) is 3.22. The van der Waals surface area contributed by atoms with Gasteiger partial charge in [-0.2, -0.15) is 0 Å². The van der Waals surface area contributed by atoms with Gasteiger partial charge in [0.1, 0.15) is 5.69 Å². The lowest BCUT2D eigenvalue weighted by atomic mass is 10.1. The number of esters is 1. The van der Waals surface area contributed by atoms with E-state index in [4.69, 9.17) is 9.26 Å². The molecule has 132 valence electrons. The lowest BCUT2D eigenvalue weighted by Gasteiger charge is -2.14. The number of rotatable bonds is 5. The van der Waals surface area contributed by atoms with E-state index in [0.29, 0.717) is 29.8 Å². The van der Waals surface area contributed by atoms with Crippen molar-refractivity contribution in [2.75, 3.05) is 13.2 Å². The Morgan fingerprint density at radius 3 is 3.04 bits per heavy atom. The normalized spacial score (nSPS) is 20.6. The van der Waals surface area contributed by atoms with Crippen LogP contribution >= 0.6 is 0 Å². The molecule has 4 rings (SSSR count). The molecule has 0 unspecified atom stereocenters.